The zero-order chi connectivity index (χ0) is 15.9. The molecule has 2 aromatic carbocycles. The first-order chi connectivity index (χ1) is 10.4. The lowest BCUT2D eigenvalue weighted by atomic mass is 10.0. The molecule has 1 fully saturated rings. The maximum atomic E-state index is 13.9. The van der Waals surface area contributed by atoms with Crippen LogP contribution in [-0.2, 0) is 15.1 Å². The second kappa shape index (κ2) is 5.33. The van der Waals surface area contributed by atoms with Gasteiger partial charge in [0.25, 0.3) is 0 Å². The number of halogens is 2. The van der Waals surface area contributed by atoms with E-state index in [1.165, 1.54) is 28.6 Å². The van der Waals surface area contributed by atoms with E-state index in [-0.39, 0.29) is 10.5 Å². The molecule has 115 valence electrons. The van der Waals surface area contributed by atoms with Gasteiger partial charge in [-0.15, -0.1) is 0 Å². The van der Waals surface area contributed by atoms with Gasteiger partial charge < -0.3 is 0 Å². The standard InChI is InChI=1S/C15H12F2NO3S/c16-12-5-6-13(19)15(17)14(12)10-3-1-4-11(9-10)22(20,21)18-7-2-8-18/h1,3-6,9H,2,7-8H2. The Labute approximate surface area is 126 Å². The zero-order valence-electron chi connectivity index (χ0n) is 11.4. The fourth-order valence-electron chi connectivity index (χ4n) is 2.29. The van der Waals surface area contributed by atoms with Gasteiger partial charge in [-0.25, -0.2) is 17.2 Å². The molecule has 0 unspecified atom stereocenters. The second-order valence-corrected chi connectivity index (χ2v) is 6.96. The van der Waals surface area contributed by atoms with E-state index in [1.54, 1.807) is 0 Å². The average molecular weight is 324 g/mol. The molecule has 0 aromatic heterocycles. The van der Waals surface area contributed by atoms with E-state index < -0.39 is 33.0 Å². The molecule has 0 bridgehead atoms. The molecule has 2 aromatic rings. The van der Waals surface area contributed by atoms with Crippen LogP contribution in [0.5, 0.6) is 5.75 Å². The highest BCUT2D eigenvalue weighted by atomic mass is 32.2. The van der Waals surface area contributed by atoms with Crippen molar-refractivity contribution in [3.8, 4) is 16.9 Å². The number of hydrogen-bond acceptors (Lipinski definition) is 2. The first kappa shape index (κ1) is 14.9. The lowest BCUT2D eigenvalue weighted by Crippen LogP contribution is -2.41. The second-order valence-electron chi connectivity index (χ2n) is 5.02. The van der Waals surface area contributed by atoms with E-state index in [2.05, 4.69) is 0 Å². The Bertz CT molecular complexity index is 833. The third-order valence-corrected chi connectivity index (χ3v) is 5.53. The van der Waals surface area contributed by atoms with E-state index in [0.29, 0.717) is 13.1 Å². The van der Waals surface area contributed by atoms with Crippen LogP contribution in [0.2, 0.25) is 0 Å². The summed E-state index contributed by atoms with van der Waals surface area (Å²) >= 11 is 0. The normalized spacial score (nSPS) is 15.5. The minimum absolute atomic E-state index is 0.0225. The molecule has 22 heavy (non-hydrogen) atoms. The highest BCUT2D eigenvalue weighted by Gasteiger charge is 2.29. The summed E-state index contributed by atoms with van der Waals surface area (Å²) in [5.74, 6) is -3.07. The maximum absolute atomic E-state index is 13.9. The first-order valence-electron chi connectivity index (χ1n) is 6.67. The van der Waals surface area contributed by atoms with Crippen molar-refractivity contribution < 1.29 is 22.3 Å². The molecule has 1 radical (unpaired) electrons. The summed E-state index contributed by atoms with van der Waals surface area (Å²) in [6.45, 7) is 0.872. The van der Waals surface area contributed by atoms with Crippen LogP contribution in [0.3, 0.4) is 0 Å². The minimum Gasteiger partial charge on any atom is -0.287 e. The summed E-state index contributed by atoms with van der Waals surface area (Å²) in [7, 11) is -3.66. The summed E-state index contributed by atoms with van der Waals surface area (Å²) in [6.07, 6.45) is 0.792. The third kappa shape index (κ3) is 2.36. The Morgan fingerprint density at radius 3 is 2.41 bits per heavy atom. The van der Waals surface area contributed by atoms with Crippen molar-refractivity contribution in [2.75, 3.05) is 13.1 Å². The van der Waals surface area contributed by atoms with E-state index in [1.807, 2.05) is 0 Å². The SMILES string of the molecule is [O]c1ccc(F)c(-c2cccc(S(=O)(=O)N3CCC3)c2)c1F. The van der Waals surface area contributed by atoms with Gasteiger partial charge in [-0.05, 0) is 36.2 Å². The van der Waals surface area contributed by atoms with Crippen LogP contribution >= 0.6 is 0 Å². The number of nitrogens with zero attached hydrogens (tertiary/aromatic N) is 1. The largest absolute Gasteiger partial charge is 0.287 e. The van der Waals surface area contributed by atoms with Gasteiger partial charge in [0.15, 0.2) is 5.82 Å². The van der Waals surface area contributed by atoms with Crippen LogP contribution in [0.1, 0.15) is 6.42 Å². The molecule has 4 nitrogen and oxygen atoms in total. The Kier molecular flexibility index (Phi) is 3.62. The fourth-order valence-corrected chi connectivity index (χ4v) is 3.85. The highest BCUT2D eigenvalue weighted by molar-refractivity contribution is 7.89. The molecule has 1 aliphatic rings. The summed E-state index contributed by atoms with van der Waals surface area (Å²) in [6, 6.07) is 7.00. The molecule has 0 N–H and O–H groups in total. The fraction of sp³-hybridized carbons (Fsp3) is 0.200. The van der Waals surface area contributed by atoms with Crippen molar-refractivity contribution in [2.45, 2.75) is 11.3 Å². The van der Waals surface area contributed by atoms with Crippen molar-refractivity contribution >= 4 is 10.0 Å². The summed E-state index contributed by atoms with van der Waals surface area (Å²) < 4.78 is 53.7. The van der Waals surface area contributed by atoms with Gasteiger partial charge in [-0.2, -0.15) is 4.31 Å². The number of sulfonamides is 1. The quantitative estimate of drug-likeness (QED) is 0.871. The molecule has 0 amide bonds. The molecule has 0 spiro atoms. The van der Waals surface area contributed by atoms with Crippen LogP contribution in [0.25, 0.3) is 11.1 Å². The molecule has 1 saturated heterocycles. The zero-order valence-corrected chi connectivity index (χ0v) is 12.2. The Hall–Kier alpha value is -1.99. The number of rotatable bonds is 3. The number of benzene rings is 2. The van der Waals surface area contributed by atoms with Gasteiger partial charge in [0.1, 0.15) is 5.82 Å². The topological polar surface area (TPSA) is 57.3 Å². The van der Waals surface area contributed by atoms with Gasteiger partial charge in [0.05, 0.1) is 10.5 Å². The van der Waals surface area contributed by atoms with Gasteiger partial charge in [-0.3, -0.25) is 5.11 Å². The van der Waals surface area contributed by atoms with Crippen molar-refractivity contribution in [1.82, 2.24) is 4.31 Å². The first-order valence-corrected chi connectivity index (χ1v) is 8.11. The Balaban J connectivity index is 2.11. The molecular formula is C15H12F2NO3S. The smallest absolute Gasteiger partial charge is 0.243 e. The van der Waals surface area contributed by atoms with Gasteiger partial charge in [0.2, 0.25) is 15.8 Å². The molecule has 7 heteroatoms. The maximum Gasteiger partial charge on any atom is 0.243 e. The predicted molar refractivity (Wildman–Crippen MR) is 75.3 cm³/mol. The van der Waals surface area contributed by atoms with Gasteiger partial charge in [0, 0.05) is 13.1 Å². The van der Waals surface area contributed by atoms with Crippen molar-refractivity contribution in [3.63, 3.8) is 0 Å². The van der Waals surface area contributed by atoms with Crippen LogP contribution in [0.4, 0.5) is 8.78 Å². The van der Waals surface area contributed by atoms with Crippen LogP contribution < -0.4 is 0 Å². The van der Waals surface area contributed by atoms with E-state index in [9.17, 15) is 22.3 Å². The van der Waals surface area contributed by atoms with Crippen molar-refractivity contribution in [2.24, 2.45) is 0 Å². The molecule has 1 aliphatic heterocycles. The minimum atomic E-state index is -3.66. The van der Waals surface area contributed by atoms with E-state index in [4.69, 9.17) is 0 Å². The van der Waals surface area contributed by atoms with Gasteiger partial charge >= 0.3 is 0 Å². The van der Waals surface area contributed by atoms with Crippen LogP contribution in [-0.4, -0.2) is 25.8 Å². The molecule has 1 heterocycles. The summed E-state index contributed by atoms with van der Waals surface area (Å²) in [5.41, 5.74) is -0.484. The van der Waals surface area contributed by atoms with E-state index >= 15 is 0 Å². The molecule has 0 aliphatic carbocycles. The average Bonchev–Trinajstić information content (AvgIpc) is 2.41. The van der Waals surface area contributed by atoms with Crippen molar-refractivity contribution in [1.29, 1.82) is 0 Å². The summed E-state index contributed by atoms with van der Waals surface area (Å²) in [5, 5.41) is 11.3. The molecule has 3 rings (SSSR count). The Morgan fingerprint density at radius 1 is 1.05 bits per heavy atom. The molecule has 0 saturated carbocycles. The van der Waals surface area contributed by atoms with Crippen LogP contribution in [0, 0.1) is 11.6 Å². The van der Waals surface area contributed by atoms with Gasteiger partial charge in [-0.1, -0.05) is 12.1 Å². The lowest BCUT2D eigenvalue weighted by Gasteiger charge is -2.29. The Morgan fingerprint density at radius 2 is 1.77 bits per heavy atom. The number of hydrogen-bond donors (Lipinski definition) is 0. The molecular weight excluding hydrogens is 312 g/mol. The monoisotopic (exact) mass is 324 g/mol. The highest BCUT2D eigenvalue weighted by Crippen LogP contribution is 2.33. The lowest BCUT2D eigenvalue weighted by molar-refractivity contribution is 0.309. The van der Waals surface area contributed by atoms with Crippen molar-refractivity contribution in [3.05, 3.63) is 48.0 Å². The molecule has 0 atom stereocenters. The van der Waals surface area contributed by atoms with Crippen LogP contribution in [0.15, 0.2) is 41.3 Å². The predicted octanol–water partition coefficient (Wildman–Crippen LogP) is 3.17. The summed E-state index contributed by atoms with van der Waals surface area (Å²) in [4.78, 5) is -0.0418. The third-order valence-electron chi connectivity index (χ3n) is 3.63. The van der Waals surface area contributed by atoms with E-state index in [0.717, 1.165) is 18.6 Å².